The predicted octanol–water partition coefficient (Wildman–Crippen LogP) is 1.79. The molecular formula is C12H17FN4O2. The Bertz CT molecular complexity index is 474. The Balaban J connectivity index is 1.63. The molecule has 6 nitrogen and oxygen atoms in total. The number of nitrogens with zero attached hydrogens (tertiary/aromatic N) is 4. The van der Waals surface area contributed by atoms with Crippen molar-refractivity contribution in [3.8, 4) is 0 Å². The van der Waals surface area contributed by atoms with Crippen LogP contribution in [0, 0.1) is 16.0 Å². The summed E-state index contributed by atoms with van der Waals surface area (Å²) in [6.07, 6.45) is 4.70. The minimum atomic E-state index is -1.01. The van der Waals surface area contributed by atoms with E-state index < -0.39 is 11.1 Å². The van der Waals surface area contributed by atoms with Crippen LogP contribution in [0.25, 0.3) is 0 Å². The Morgan fingerprint density at radius 1 is 1.47 bits per heavy atom. The first-order chi connectivity index (χ1) is 9.13. The summed E-state index contributed by atoms with van der Waals surface area (Å²) in [7, 11) is 0. The Hall–Kier alpha value is -1.50. The van der Waals surface area contributed by atoms with Crippen LogP contribution in [0.4, 0.5) is 10.1 Å². The molecule has 0 spiro atoms. The third-order valence-corrected chi connectivity index (χ3v) is 3.94. The topological polar surface area (TPSA) is 64.2 Å². The molecule has 1 saturated carbocycles. The molecule has 1 aliphatic heterocycles. The second-order valence-electron chi connectivity index (χ2n) is 5.51. The second kappa shape index (κ2) is 4.88. The van der Waals surface area contributed by atoms with Crippen molar-refractivity contribution in [3.05, 3.63) is 22.5 Å². The quantitative estimate of drug-likeness (QED) is 0.617. The van der Waals surface area contributed by atoms with E-state index >= 15 is 0 Å². The molecule has 0 N–H and O–H groups in total. The minimum absolute atomic E-state index is 0.0763. The summed E-state index contributed by atoms with van der Waals surface area (Å²) in [5.74, 6) is 0.759. The zero-order valence-electron chi connectivity index (χ0n) is 10.6. The maximum Gasteiger partial charge on any atom is 0.307 e. The molecule has 0 amide bonds. The second-order valence-corrected chi connectivity index (χ2v) is 5.51. The van der Waals surface area contributed by atoms with Crippen molar-refractivity contribution < 1.29 is 9.31 Å². The Labute approximate surface area is 110 Å². The summed E-state index contributed by atoms with van der Waals surface area (Å²) in [5.41, 5.74) is -0.0763. The Morgan fingerprint density at radius 3 is 2.84 bits per heavy atom. The number of nitro groups is 1. The molecule has 7 heteroatoms. The monoisotopic (exact) mass is 268 g/mol. The van der Waals surface area contributed by atoms with Gasteiger partial charge in [-0.05, 0) is 25.2 Å². The van der Waals surface area contributed by atoms with Crippen molar-refractivity contribution in [2.24, 2.45) is 5.92 Å². The lowest BCUT2D eigenvalue weighted by Gasteiger charge is -2.34. The van der Waals surface area contributed by atoms with Crippen LogP contribution in [-0.4, -0.2) is 45.4 Å². The number of halogens is 1. The van der Waals surface area contributed by atoms with Crippen molar-refractivity contribution in [1.29, 1.82) is 0 Å². The SMILES string of the molecule is O=[N+]([O-])c1cnn([C@@H]2CCN(CC3CC3)C[C@H]2F)c1. The van der Waals surface area contributed by atoms with E-state index in [1.165, 1.54) is 29.9 Å². The first-order valence-electron chi connectivity index (χ1n) is 6.68. The van der Waals surface area contributed by atoms with Gasteiger partial charge in [0.05, 0.1) is 11.0 Å². The summed E-state index contributed by atoms with van der Waals surface area (Å²) in [6, 6.07) is -0.371. The number of piperidine rings is 1. The van der Waals surface area contributed by atoms with Crippen LogP contribution in [0.3, 0.4) is 0 Å². The van der Waals surface area contributed by atoms with Gasteiger partial charge in [0.1, 0.15) is 18.6 Å². The first kappa shape index (κ1) is 12.5. The van der Waals surface area contributed by atoms with Crippen molar-refractivity contribution in [2.45, 2.75) is 31.5 Å². The summed E-state index contributed by atoms with van der Waals surface area (Å²) in [6.45, 7) is 2.25. The van der Waals surface area contributed by atoms with Crippen molar-refractivity contribution in [2.75, 3.05) is 19.6 Å². The molecule has 3 rings (SSSR count). The third-order valence-electron chi connectivity index (χ3n) is 3.94. The summed E-state index contributed by atoms with van der Waals surface area (Å²) in [5, 5.41) is 14.5. The molecule has 0 unspecified atom stereocenters. The average Bonchev–Trinajstić information content (AvgIpc) is 3.04. The molecule has 1 saturated heterocycles. The molecule has 0 bridgehead atoms. The standard InChI is InChI=1S/C12H17FN4O2/c13-11-8-15(6-9-1-2-9)4-3-12(11)16-7-10(5-14-16)17(18)19/h5,7,9,11-12H,1-4,6,8H2/t11-,12-/m1/s1. The number of alkyl halides is 1. The van der Waals surface area contributed by atoms with Gasteiger partial charge in [0.15, 0.2) is 0 Å². The van der Waals surface area contributed by atoms with Gasteiger partial charge in [-0.2, -0.15) is 5.10 Å². The number of aromatic nitrogens is 2. The van der Waals surface area contributed by atoms with Crippen molar-refractivity contribution in [1.82, 2.24) is 14.7 Å². The third kappa shape index (κ3) is 2.75. The summed E-state index contributed by atoms with van der Waals surface area (Å²) < 4.78 is 15.6. The van der Waals surface area contributed by atoms with Crippen LogP contribution in [0.5, 0.6) is 0 Å². The van der Waals surface area contributed by atoms with E-state index in [4.69, 9.17) is 0 Å². The highest BCUT2D eigenvalue weighted by atomic mass is 19.1. The highest BCUT2D eigenvalue weighted by Gasteiger charge is 2.34. The molecule has 0 aromatic carbocycles. The van der Waals surface area contributed by atoms with E-state index in [2.05, 4.69) is 10.00 Å². The van der Waals surface area contributed by atoms with E-state index in [0.29, 0.717) is 13.0 Å². The van der Waals surface area contributed by atoms with Gasteiger partial charge < -0.3 is 4.90 Å². The number of hydrogen-bond acceptors (Lipinski definition) is 4. The van der Waals surface area contributed by atoms with E-state index in [1.807, 2.05) is 0 Å². The van der Waals surface area contributed by atoms with Crippen LogP contribution < -0.4 is 0 Å². The minimum Gasteiger partial charge on any atom is -0.300 e. The molecule has 1 aromatic heterocycles. The summed E-state index contributed by atoms with van der Waals surface area (Å²) >= 11 is 0. The van der Waals surface area contributed by atoms with Crippen molar-refractivity contribution >= 4 is 5.69 Å². The highest BCUT2D eigenvalue weighted by Crippen LogP contribution is 2.32. The van der Waals surface area contributed by atoms with Gasteiger partial charge in [0.2, 0.25) is 0 Å². The Morgan fingerprint density at radius 2 is 2.26 bits per heavy atom. The lowest BCUT2D eigenvalue weighted by molar-refractivity contribution is -0.385. The Kier molecular flexibility index (Phi) is 3.22. The maximum atomic E-state index is 14.2. The molecule has 2 atom stereocenters. The normalized spacial score (nSPS) is 28.5. The van der Waals surface area contributed by atoms with Gasteiger partial charge in [0.25, 0.3) is 0 Å². The first-order valence-corrected chi connectivity index (χ1v) is 6.68. The zero-order chi connectivity index (χ0) is 13.4. The van der Waals surface area contributed by atoms with Gasteiger partial charge in [-0.25, -0.2) is 4.39 Å². The largest absolute Gasteiger partial charge is 0.307 e. The van der Waals surface area contributed by atoms with Gasteiger partial charge >= 0.3 is 5.69 Å². The van der Waals surface area contributed by atoms with E-state index in [9.17, 15) is 14.5 Å². The molecule has 19 heavy (non-hydrogen) atoms. The van der Waals surface area contributed by atoms with Crippen LogP contribution >= 0.6 is 0 Å². The molecule has 1 aromatic rings. The lowest BCUT2D eigenvalue weighted by atomic mass is 10.0. The highest BCUT2D eigenvalue weighted by molar-refractivity contribution is 5.21. The predicted molar refractivity (Wildman–Crippen MR) is 66.6 cm³/mol. The molecule has 104 valence electrons. The van der Waals surface area contributed by atoms with E-state index in [-0.39, 0.29) is 11.7 Å². The fourth-order valence-corrected chi connectivity index (χ4v) is 2.69. The maximum absolute atomic E-state index is 14.2. The lowest BCUT2D eigenvalue weighted by Crippen LogP contribution is -2.43. The fourth-order valence-electron chi connectivity index (χ4n) is 2.69. The van der Waals surface area contributed by atoms with E-state index in [1.54, 1.807) is 0 Å². The van der Waals surface area contributed by atoms with Crippen LogP contribution in [-0.2, 0) is 0 Å². The van der Waals surface area contributed by atoms with Crippen LogP contribution in [0.1, 0.15) is 25.3 Å². The van der Waals surface area contributed by atoms with Crippen LogP contribution in [0.2, 0.25) is 0 Å². The molecule has 2 fully saturated rings. The number of hydrogen-bond donors (Lipinski definition) is 0. The van der Waals surface area contributed by atoms with Crippen LogP contribution in [0.15, 0.2) is 12.4 Å². The number of likely N-dealkylation sites (tertiary alicyclic amines) is 1. The number of rotatable bonds is 4. The zero-order valence-corrected chi connectivity index (χ0v) is 10.6. The molecule has 2 aliphatic rings. The fraction of sp³-hybridized carbons (Fsp3) is 0.750. The van der Waals surface area contributed by atoms with Gasteiger partial charge in [0, 0.05) is 19.6 Å². The van der Waals surface area contributed by atoms with Gasteiger partial charge in [-0.15, -0.1) is 0 Å². The average molecular weight is 268 g/mol. The van der Waals surface area contributed by atoms with Gasteiger partial charge in [-0.1, -0.05) is 0 Å². The molecular weight excluding hydrogens is 251 g/mol. The van der Waals surface area contributed by atoms with E-state index in [0.717, 1.165) is 19.0 Å². The molecule has 1 aliphatic carbocycles. The summed E-state index contributed by atoms with van der Waals surface area (Å²) in [4.78, 5) is 12.3. The smallest absolute Gasteiger partial charge is 0.300 e. The molecule has 2 heterocycles. The van der Waals surface area contributed by atoms with Crippen molar-refractivity contribution in [3.63, 3.8) is 0 Å². The molecule has 0 radical (unpaired) electrons. The van der Waals surface area contributed by atoms with Gasteiger partial charge in [-0.3, -0.25) is 14.8 Å².